The van der Waals surface area contributed by atoms with Crippen LogP contribution in [0.4, 0.5) is 4.39 Å². The number of carbonyl (C=O) groups is 1. The Bertz CT molecular complexity index is 435. The molecule has 0 bridgehead atoms. The smallest absolute Gasteiger partial charge is 0.258 e. The number of benzene rings is 1. The molecule has 0 saturated carbocycles. The van der Waals surface area contributed by atoms with E-state index in [0.29, 0.717) is 12.5 Å². The monoisotopic (exact) mass is 268 g/mol. The lowest BCUT2D eigenvalue weighted by Gasteiger charge is -2.15. The highest BCUT2D eigenvalue weighted by Gasteiger charge is 2.18. The molecule has 0 heterocycles. The van der Waals surface area contributed by atoms with Crippen LogP contribution in [-0.4, -0.2) is 25.6 Å². The predicted octanol–water partition coefficient (Wildman–Crippen LogP) is 1.94. The van der Waals surface area contributed by atoms with Crippen LogP contribution in [0.5, 0.6) is 5.75 Å². The van der Waals surface area contributed by atoms with Crippen LogP contribution < -0.4 is 15.8 Å². The summed E-state index contributed by atoms with van der Waals surface area (Å²) in [6, 6.07) is 4.13. The Balaban J connectivity index is 2.68. The van der Waals surface area contributed by atoms with Gasteiger partial charge in [-0.25, -0.2) is 4.39 Å². The lowest BCUT2D eigenvalue weighted by molar-refractivity contribution is 0.0942. The van der Waals surface area contributed by atoms with Crippen LogP contribution in [0, 0.1) is 11.7 Å². The van der Waals surface area contributed by atoms with Gasteiger partial charge in [0.2, 0.25) is 0 Å². The van der Waals surface area contributed by atoms with Gasteiger partial charge < -0.3 is 15.8 Å². The molecule has 3 N–H and O–H groups in total. The first-order valence-electron chi connectivity index (χ1n) is 6.32. The summed E-state index contributed by atoms with van der Waals surface area (Å²) in [7, 11) is 1.40. The molecule has 19 heavy (non-hydrogen) atoms. The summed E-state index contributed by atoms with van der Waals surface area (Å²) in [6.45, 7) is 4.43. The Morgan fingerprint density at radius 2 is 2.16 bits per heavy atom. The average molecular weight is 268 g/mol. The zero-order valence-corrected chi connectivity index (χ0v) is 11.6. The van der Waals surface area contributed by atoms with Crippen molar-refractivity contribution in [2.75, 3.05) is 13.7 Å². The number of carbonyl (C=O) groups excluding carboxylic acids is 1. The summed E-state index contributed by atoms with van der Waals surface area (Å²) in [5.41, 5.74) is 5.79. The maximum Gasteiger partial charge on any atom is 0.258 e. The third-order valence-corrected chi connectivity index (χ3v) is 2.72. The summed E-state index contributed by atoms with van der Waals surface area (Å²) >= 11 is 0. The van der Waals surface area contributed by atoms with Crippen molar-refractivity contribution in [1.82, 2.24) is 5.32 Å². The Labute approximate surface area is 113 Å². The summed E-state index contributed by atoms with van der Waals surface area (Å²) in [6.07, 6.45) is 0.800. The molecular weight excluding hydrogens is 247 g/mol. The number of nitrogens with one attached hydrogen (secondary N) is 1. The summed E-state index contributed by atoms with van der Waals surface area (Å²) in [5.74, 6) is -0.437. The van der Waals surface area contributed by atoms with Gasteiger partial charge in [0.15, 0.2) is 0 Å². The van der Waals surface area contributed by atoms with Crippen molar-refractivity contribution >= 4 is 5.91 Å². The van der Waals surface area contributed by atoms with Gasteiger partial charge in [-0.2, -0.15) is 0 Å². The van der Waals surface area contributed by atoms with Crippen molar-refractivity contribution in [2.24, 2.45) is 11.7 Å². The van der Waals surface area contributed by atoms with Crippen molar-refractivity contribution in [3.63, 3.8) is 0 Å². The number of methoxy groups -OCH3 is 1. The Hall–Kier alpha value is -1.62. The molecule has 0 fully saturated rings. The molecule has 1 amide bonds. The van der Waals surface area contributed by atoms with E-state index in [0.717, 1.165) is 6.42 Å². The lowest BCUT2D eigenvalue weighted by Crippen LogP contribution is -2.38. The quantitative estimate of drug-likeness (QED) is 0.828. The third kappa shape index (κ3) is 4.52. The summed E-state index contributed by atoms with van der Waals surface area (Å²) < 4.78 is 18.6. The molecule has 0 aliphatic carbocycles. The van der Waals surface area contributed by atoms with Crippen molar-refractivity contribution < 1.29 is 13.9 Å². The summed E-state index contributed by atoms with van der Waals surface area (Å²) in [5, 5.41) is 2.64. The standard InChI is InChI=1S/C14H21FN2O2/c1-9(2)7-10(16)8-17-14(18)13-11(15)5-4-6-12(13)19-3/h4-6,9-10H,7-8,16H2,1-3H3,(H,17,18). The van der Waals surface area contributed by atoms with Crippen molar-refractivity contribution in [3.8, 4) is 5.75 Å². The van der Waals surface area contributed by atoms with E-state index in [-0.39, 0.29) is 17.4 Å². The first kappa shape index (κ1) is 15.4. The van der Waals surface area contributed by atoms with Crippen molar-refractivity contribution in [2.45, 2.75) is 26.3 Å². The molecule has 1 rings (SSSR count). The SMILES string of the molecule is COc1cccc(F)c1C(=O)NCC(N)CC(C)C. The van der Waals surface area contributed by atoms with E-state index in [2.05, 4.69) is 19.2 Å². The highest BCUT2D eigenvalue weighted by atomic mass is 19.1. The minimum atomic E-state index is -0.603. The number of rotatable bonds is 6. The third-order valence-electron chi connectivity index (χ3n) is 2.72. The number of hydrogen-bond donors (Lipinski definition) is 2. The van der Waals surface area contributed by atoms with Gasteiger partial charge >= 0.3 is 0 Å². The fraction of sp³-hybridized carbons (Fsp3) is 0.500. The Morgan fingerprint density at radius 1 is 1.47 bits per heavy atom. The van der Waals surface area contributed by atoms with Crippen LogP contribution in [0.25, 0.3) is 0 Å². The van der Waals surface area contributed by atoms with Crippen molar-refractivity contribution in [1.29, 1.82) is 0 Å². The molecule has 0 aliphatic rings. The highest BCUT2D eigenvalue weighted by Crippen LogP contribution is 2.20. The Morgan fingerprint density at radius 3 is 2.74 bits per heavy atom. The molecule has 1 unspecified atom stereocenters. The molecule has 5 heteroatoms. The molecule has 0 saturated heterocycles. The number of ether oxygens (including phenoxy) is 1. The molecule has 1 aromatic rings. The molecule has 1 aromatic carbocycles. The molecule has 0 radical (unpaired) electrons. The van der Waals surface area contributed by atoms with Gasteiger partial charge in [0, 0.05) is 12.6 Å². The van der Waals surface area contributed by atoms with E-state index in [1.165, 1.54) is 19.2 Å². The lowest BCUT2D eigenvalue weighted by atomic mass is 10.0. The van der Waals surface area contributed by atoms with Gasteiger partial charge in [-0.3, -0.25) is 4.79 Å². The second-order valence-electron chi connectivity index (χ2n) is 4.92. The largest absolute Gasteiger partial charge is 0.496 e. The number of halogens is 1. The van der Waals surface area contributed by atoms with Gasteiger partial charge in [-0.1, -0.05) is 19.9 Å². The maximum atomic E-state index is 13.7. The van der Waals surface area contributed by atoms with Crippen LogP contribution >= 0.6 is 0 Å². The first-order chi connectivity index (χ1) is 8.95. The maximum absolute atomic E-state index is 13.7. The summed E-state index contributed by atoms with van der Waals surface area (Å²) in [4.78, 5) is 11.9. The highest BCUT2D eigenvalue weighted by molar-refractivity contribution is 5.97. The zero-order valence-electron chi connectivity index (χ0n) is 11.6. The number of amides is 1. The number of hydrogen-bond acceptors (Lipinski definition) is 3. The van der Waals surface area contributed by atoms with E-state index in [1.54, 1.807) is 6.07 Å². The van der Waals surface area contributed by atoms with Gasteiger partial charge in [-0.05, 0) is 24.5 Å². The van der Waals surface area contributed by atoms with E-state index in [1.807, 2.05) is 0 Å². The van der Waals surface area contributed by atoms with Gasteiger partial charge in [0.1, 0.15) is 17.1 Å². The van der Waals surface area contributed by atoms with Crippen LogP contribution in [0.2, 0.25) is 0 Å². The first-order valence-corrected chi connectivity index (χ1v) is 6.32. The Kier molecular flexibility index (Phi) is 5.76. The van der Waals surface area contributed by atoms with Crippen LogP contribution in [0.15, 0.2) is 18.2 Å². The van der Waals surface area contributed by atoms with Crippen LogP contribution in [0.1, 0.15) is 30.6 Å². The fourth-order valence-corrected chi connectivity index (χ4v) is 1.90. The van der Waals surface area contributed by atoms with Gasteiger partial charge in [-0.15, -0.1) is 0 Å². The second-order valence-corrected chi connectivity index (χ2v) is 4.92. The van der Waals surface area contributed by atoms with E-state index in [4.69, 9.17) is 10.5 Å². The minimum Gasteiger partial charge on any atom is -0.496 e. The molecular formula is C14H21FN2O2. The molecule has 106 valence electrons. The van der Waals surface area contributed by atoms with Gasteiger partial charge in [0.25, 0.3) is 5.91 Å². The molecule has 0 spiro atoms. The molecule has 4 nitrogen and oxygen atoms in total. The average Bonchev–Trinajstić information content (AvgIpc) is 2.34. The van der Waals surface area contributed by atoms with Crippen LogP contribution in [0.3, 0.4) is 0 Å². The van der Waals surface area contributed by atoms with Gasteiger partial charge in [0.05, 0.1) is 7.11 Å². The fourth-order valence-electron chi connectivity index (χ4n) is 1.90. The van der Waals surface area contributed by atoms with Crippen LogP contribution in [-0.2, 0) is 0 Å². The van der Waals surface area contributed by atoms with Crippen molar-refractivity contribution in [3.05, 3.63) is 29.6 Å². The van der Waals surface area contributed by atoms with E-state index < -0.39 is 11.7 Å². The predicted molar refractivity (Wildman–Crippen MR) is 72.7 cm³/mol. The zero-order chi connectivity index (χ0) is 14.4. The van der Waals surface area contributed by atoms with E-state index >= 15 is 0 Å². The second kappa shape index (κ2) is 7.09. The topological polar surface area (TPSA) is 64.3 Å². The molecule has 0 aliphatic heterocycles. The molecule has 1 atom stereocenters. The minimum absolute atomic E-state index is 0.0817. The van der Waals surface area contributed by atoms with E-state index in [9.17, 15) is 9.18 Å². The number of nitrogens with two attached hydrogens (primary N) is 1. The molecule has 0 aromatic heterocycles. The normalized spacial score (nSPS) is 12.3.